The lowest BCUT2D eigenvalue weighted by Crippen LogP contribution is -2.47. The normalized spacial score (nSPS) is 34.0. The molecule has 3 rings (SSSR count). The van der Waals surface area contributed by atoms with Crippen molar-refractivity contribution < 1.29 is 4.79 Å². The molecule has 0 bridgehead atoms. The molecule has 2 aliphatic heterocycles. The summed E-state index contributed by atoms with van der Waals surface area (Å²) in [7, 11) is 0. The van der Waals surface area contributed by atoms with Gasteiger partial charge >= 0.3 is 0 Å². The van der Waals surface area contributed by atoms with Crippen molar-refractivity contribution in [1.29, 1.82) is 0 Å². The van der Waals surface area contributed by atoms with Crippen LogP contribution in [0.1, 0.15) is 44.9 Å². The predicted molar refractivity (Wildman–Crippen MR) is 85.1 cm³/mol. The molecule has 0 aromatic heterocycles. The third kappa shape index (κ3) is 4.07. The molecule has 3 aliphatic rings. The van der Waals surface area contributed by atoms with Crippen LogP contribution in [0.15, 0.2) is 12.2 Å². The molecule has 0 aromatic rings. The van der Waals surface area contributed by atoms with Crippen LogP contribution in [0.2, 0.25) is 0 Å². The number of carbonyl (C=O) groups excluding carboxylic acids is 1. The summed E-state index contributed by atoms with van der Waals surface area (Å²) in [4.78, 5) is 14.7. The third-order valence-electron chi connectivity index (χ3n) is 5.19. The van der Waals surface area contributed by atoms with E-state index in [-0.39, 0.29) is 11.9 Å². The minimum absolute atomic E-state index is 0.0611. The van der Waals surface area contributed by atoms with Crippen molar-refractivity contribution in [3.05, 3.63) is 12.2 Å². The molecule has 0 radical (unpaired) electrons. The molecule has 118 valence electrons. The Morgan fingerprint density at radius 2 is 2.19 bits per heavy atom. The van der Waals surface area contributed by atoms with E-state index in [4.69, 9.17) is 0 Å². The summed E-state index contributed by atoms with van der Waals surface area (Å²) in [5.41, 5.74) is 0. The number of carbonyl (C=O) groups is 1. The van der Waals surface area contributed by atoms with Gasteiger partial charge in [0.05, 0.1) is 6.04 Å². The van der Waals surface area contributed by atoms with Crippen LogP contribution >= 0.6 is 0 Å². The highest BCUT2D eigenvalue weighted by molar-refractivity contribution is 5.81. The summed E-state index contributed by atoms with van der Waals surface area (Å²) < 4.78 is 0. The number of likely N-dealkylation sites (tertiary alicyclic amines) is 1. The van der Waals surface area contributed by atoms with E-state index in [2.05, 4.69) is 27.7 Å². The summed E-state index contributed by atoms with van der Waals surface area (Å²) in [6, 6.07) is 0.708. The molecule has 0 aromatic carbocycles. The molecule has 2 saturated heterocycles. The molecular weight excluding hydrogens is 262 g/mol. The van der Waals surface area contributed by atoms with Gasteiger partial charge in [0.15, 0.2) is 0 Å². The largest absolute Gasteiger partial charge is 0.354 e. The van der Waals surface area contributed by atoms with Crippen LogP contribution in [-0.2, 0) is 4.79 Å². The highest BCUT2D eigenvalue weighted by Crippen LogP contribution is 2.23. The number of hydrogen-bond donors (Lipinski definition) is 2. The summed E-state index contributed by atoms with van der Waals surface area (Å²) in [6.07, 6.45) is 13.3. The van der Waals surface area contributed by atoms with Crippen molar-refractivity contribution in [2.75, 3.05) is 26.2 Å². The van der Waals surface area contributed by atoms with Gasteiger partial charge in [-0.1, -0.05) is 12.2 Å². The minimum atomic E-state index is 0.0611. The Hall–Kier alpha value is -0.870. The van der Waals surface area contributed by atoms with Gasteiger partial charge in [-0.2, -0.15) is 0 Å². The van der Waals surface area contributed by atoms with Gasteiger partial charge in [-0.3, -0.25) is 9.69 Å². The van der Waals surface area contributed by atoms with Gasteiger partial charge in [-0.05, 0) is 64.0 Å². The number of amides is 1. The first-order valence-corrected chi connectivity index (χ1v) is 8.75. The van der Waals surface area contributed by atoms with Crippen LogP contribution in [0.25, 0.3) is 0 Å². The number of hydrogen-bond acceptors (Lipinski definition) is 3. The molecule has 1 amide bonds. The quantitative estimate of drug-likeness (QED) is 0.775. The van der Waals surface area contributed by atoms with E-state index in [1.165, 1.54) is 38.6 Å². The maximum absolute atomic E-state index is 12.1. The van der Waals surface area contributed by atoms with Gasteiger partial charge in [0.2, 0.25) is 5.91 Å². The number of piperidine rings is 1. The summed E-state index contributed by atoms with van der Waals surface area (Å²) in [5.74, 6) is 0.835. The average molecular weight is 291 g/mol. The second-order valence-corrected chi connectivity index (χ2v) is 6.82. The predicted octanol–water partition coefficient (Wildman–Crippen LogP) is 1.68. The Labute approximate surface area is 128 Å². The standard InChI is InChI=1S/C17H29N3O/c21-17(16-9-4-10-18-16)19-12-14-6-5-11-20(13-14)15-7-2-1-3-8-15/h2,7,14-16,18H,1,3-6,8-13H2,(H,19,21). The Bertz CT molecular complexity index is 376. The van der Waals surface area contributed by atoms with Crippen molar-refractivity contribution in [2.24, 2.45) is 5.92 Å². The summed E-state index contributed by atoms with van der Waals surface area (Å²) >= 11 is 0. The molecule has 21 heavy (non-hydrogen) atoms. The van der Waals surface area contributed by atoms with Crippen LogP contribution in [0, 0.1) is 5.92 Å². The van der Waals surface area contributed by atoms with Crippen LogP contribution in [0.4, 0.5) is 0 Å². The van der Waals surface area contributed by atoms with E-state index < -0.39 is 0 Å². The lowest BCUT2D eigenvalue weighted by atomic mass is 9.93. The SMILES string of the molecule is O=C(NCC1CCCN(C2C=CCCC2)C1)C1CCCN1. The van der Waals surface area contributed by atoms with Crippen molar-refractivity contribution in [2.45, 2.75) is 57.0 Å². The maximum atomic E-state index is 12.1. The average Bonchev–Trinajstić information content (AvgIpc) is 3.08. The zero-order chi connectivity index (χ0) is 14.5. The second-order valence-electron chi connectivity index (χ2n) is 6.82. The molecule has 4 heteroatoms. The molecule has 3 atom stereocenters. The van der Waals surface area contributed by atoms with Crippen molar-refractivity contribution in [3.63, 3.8) is 0 Å². The van der Waals surface area contributed by atoms with Crippen molar-refractivity contribution in [1.82, 2.24) is 15.5 Å². The zero-order valence-corrected chi connectivity index (χ0v) is 13.0. The van der Waals surface area contributed by atoms with E-state index in [0.717, 1.165) is 32.5 Å². The van der Waals surface area contributed by atoms with Crippen LogP contribution < -0.4 is 10.6 Å². The van der Waals surface area contributed by atoms with Gasteiger partial charge < -0.3 is 10.6 Å². The highest BCUT2D eigenvalue weighted by Gasteiger charge is 2.27. The van der Waals surface area contributed by atoms with Crippen molar-refractivity contribution >= 4 is 5.91 Å². The van der Waals surface area contributed by atoms with Crippen LogP contribution in [0.3, 0.4) is 0 Å². The fraction of sp³-hybridized carbons (Fsp3) is 0.824. The van der Waals surface area contributed by atoms with Gasteiger partial charge in [-0.15, -0.1) is 0 Å². The Morgan fingerprint density at radius 1 is 1.24 bits per heavy atom. The minimum Gasteiger partial charge on any atom is -0.354 e. The summed E-state index contributed by atoms with van der Waals surface area (Å²) in [5, 5.41) is 6.44. The lowest BCUT2D eigenvalue weighted by molar-refractivity contribution is -0.123. The van der Waals surface area contributed by atoms with Gasteiger partial charge in [0, 0.05) is 19.1 Å². The van der Waals surface area contributed by atoms with Gasteiger partial charge in [-0.25, -0.2) is 0 Å². The van der Waals surface area contributed by atoms with E-state index in [1.54, 1.807) is 0 Å². The van der Waals surface area contributed by atoms with Crippen LogP contribution in [0.5, 0.6) is 0 Å². The molecule has 0 spiro atoms. The van der Waals surface area contributed by atoms with E-state index in [9.17, 15) is 4.79 Å². The Kier molecular flexibility index (Phi) is 5.31. The molecule has 2 fully saturated rings. The van der Waals surface area contributed by atoms with E-state index >= 15 is 0 Å². The highest BCUT2D eigenvalue weighted by atomic mass is 16.2. The van der Waals surface area contributed by atoms with Crippen molar-refractivity contribution in [3.8, 4) is 0 Å². The number of nitrogens with one attached hydrogen (secondary N) is 2. The topological polar surface area (TPSA) is 44.4 Å². The molecule has 4 nitrogen and oxygen atoms in total. The molecular formula is C17H29N3O. The first-order valence-electron chi connectivity index (χ1n) is 8.75. The molecule has 1 aliphatic carbocycles. The monoisotopic (exact) mass is 291 g/mol. The lowest BCUT2D eigenvalue weighted by Gasteiger charge is -2.38. The summed E-state index contributed by atoms with van der Waals surface area (Å²) in [6.45, 7) is 4.21. The second kappa shape index (κ2) is 7.41. The van der Waals surface area contributed by atoms with E-state index in [0.29, 0.717) is 12.0 Å². The number of rotatable bonds is 4. The first-order chi connectivity index (χ1) is 10.3. The third-order valence-corrected chi connectivity index (χ3v) is 5.19. The Morgan fingerprint density at radius 3 is 2.95 bits per heavy atom. The van der Waals surface area contributed by atoms with Crippen LogP contribution in [-0.4, -0.2) is 49.1 Å². The zero-order valence-electron chi connectivity index (χ0n) is 13.0. The molecule has 2 N–H and O–H groups in total. The van der Waals surface area contributed by atoms with E-state index in [1.807, 2.05) is 0 Å². The Balaban J connectivity index is 1.43. The maximum Gasteiger partial charge on any atom is 0.237 e. The van der Waals surface area contributed by atoms with Gasteiger partial charge in [0.1, 0.15) is 0 Å². The molecule has 2 heterocycles. The fourth-order valence-corrected chi connectivity index (χ4v) is 3.94. The van der Waals surface area contributed by atoms with Gasteiger partial charge in [0.25, 0.3) is 0 Å². The number of nitrogens with zero attached hydrogens (tertiary/aromatic N) is 1. The molecule has 3 unspecified atom stereocenters. The number of allylic oxidation sites excluding steroid dienone is 1. The first kappa shape index (κ1) is 15.0. The fourth-order valence-electron chi connectivity index (χ4n) is 3.94. The molecule has 0 saturated carbocycles. The smallest absolute Gasteiger partial charge is 0.237 e.